The van der Waals surface area contributed by atoms with Crippen molar-refractivity contribution in [3.05, 3.63) is 28.8 Å². The first-order valence-corrected chi connectivity index (χ1v) is 4.33. The molecule has 66 valence electrons. The van der Waals surface area contributed by atoms with E-state index in [1.54, 1.807) is 7.11 Å². The second-order valence-electron chi connectivity index (χ2n) is 3.05. The summed E-state index contributed by atoms with van der Waals surface area (Å²) in [7, 11) is 1.73. The molecule has 0 aromatic heterocycles. The average Bonchev–Trinajstić information content (AvgIpc) is 2.06. The van der Waals surface area contributed by atoms with Gasteiger partial charge in [0.15, 0.2) is 0 Å². The highest BCUT2D eigenvalue weighted by Gasteiger charge is 2.05. The molecule has 0 saturated carbocycles. The van der Waals surface area contributed by atoms with Gasteiger partial charge in [-0.1, -0.05) is 19.1 Å². The van der Waals surface area contributed by atoms with Crippen molar-refractivity contribution in [1.29, 1.82) is 0 Å². The van der Waals surface area contributed by atoms with Crippen molar-refractivity contribution in [1.82, 2.24) is 0 Å². The lowest BCUT2D eigenvalue weighted by molar-refractivity contribution is 0.408. The van der Waals surface area contributed by atoms with Gasteiger partial charge in [-0.15, -0.1) is 0 Å². The van der Waals surface area contributed by atoms with Crippen molar-refractivity contribution in [2.75, 3.05) is 7.11 Å². The Bertz CT molecular complexity index is 277. The molecule has 0 aliphatic heterocycles. The maximum atomic E-state index is 5.32. The van der Waals surface area contributed by atoms with Gasteiger partial charge in [0.2, 0.25) is 0 Å². The molecular weight excluding hydrogens is 148 g/mol. The zero-order valence-electron chi connectivity index (χ0n) is 8.27. The van der Waals surface area contributed by atoms with Gasteiger partial charge >= 0.3 is 0 Å². The van der Waals surface area contributed by atoms with Crippen LogP contribution in [0.5, 0.6) is 5.75 Å². The molecule has 1 aromatic carbocycles. The minimum atomic E-state index is 1.04. The van der Waals surface area contributed by atoms with Gasteiger partial charge < -0.3 is 4.74 Å². The summed E-state index contributed by atoms with van der Waals surface area (Å²) in [6.45, 7) is 6.35. The smallest absolute Gasteiger partial charge is 0.124 e. The molecule has 1 aromatic rings. The van der Waals surface area contributed by atoms with Gasteiger partial charge in [-0.2, -0.15) is 0 Å². The summed E-state index contributed by atoms with van der Waals surface area (Å²) >= 11 is 0. The van der Waals surface area contributed by atoms with Gasteiger partial charge in [0.25, 0.3) is 0 Å². The van der Waals surface area contributed by atoms with E-state index >= 15 is 0 Å². The van der Waals surface area contributed by atoms with Crippen LogP contribution in [0.2, 0.25) is 0 Å². The number of rotatable bonds is 2. The van der Waals surface area contributed by atoms with Crippen LogP contribution >= 0.6 is 0 Å². The standard InChI is InChI=1S/C11H16O/c1-5-10-7-6-8(2)11(12-4)9(10)3/h6-7H,5H2,1-4H3. The lowest BCUT2D eigenvalue weighted by Gasteiger charge is -2.11. The number of ether oxygens (including phenoxy) is 1. The Balaban J connectivity index is 3.24. The zero-order chi connectivity index (χ0) is 9.14. The van der Waals surface area contributed by atoms with E-state index in [0.717, 1.165) is 12.2 Å². The Morgan fingerprint density at radius 1 is 1.25 bits per heavy atom. The van der Waals surface area contributed by atoms with Crippen LogP contribution in [-0.2, 0) is 6.42 Å². The van der Waals surface area contributed by atoms with Gasteiger partial charge in [0.05, 0.1) is 7.11 Å². The van der Waals surface area contributed by atoms with Crippen LogP contribution in [0.3, 0.4) is 0 Å². The predicted octanol–water partition coefficient (Wildman–Crippen LogP) is 2.87. The maximum absolute atomic E-state index is 5.32. The lowest BCUT2D eigenvalue weighted by atomic mass is 10.0. The molecule has 0 fully saturated rings. The molecule has 0 aliphatic rings. The van der Waals surface area contributed by atoms with Crippen molar-refractivity contribution < 1.29 is 4.74 Å². The molecule has 0 spiro atoms. The van der Waals surface area contributed by atoms with E-state index in [1.165, 1.54) is 16.7 Å². The SMILES string of the molecule is CCc1ccc(C)c(OC)c1C. The largest absolute Gasteiger partial charge is 0.496 e. The summed E-state index contributed by atoms with van der Waals surface area (Å²) in [4.78, 5) is 0. The van der Waals surface area contributed by atoms with Crippen LogP contribution in [0.4, 0.5) is 0 Å². The summed E-state index contributed by atoms with van der Waals surface area (Å²) < 4.78 is 5.32. The molecule has 12 heavy (non-hydrogen) atoms. The maximum Gasteiger partial charge on any atom is 0.124 e. The summed E-state index contributed by atoms with van der Waals surface area (Å²) in [6, 6.07) is 4.29. The number of methoxy groups -OCH3 is 1. The minimum absolute atomic E-state index is 1.04. The summed E-state index contributed by atoms with van der Waals surface area (Å²) in [6.07, 6.45) is 1.07. The van der Waals surface area contributed by atoms with E-state index < -0.39 is 0 Å². The Labute approximate surface area is 74.4 Å². The van der Waals surface area contributed by atoms with E-state index in [4.69, 9.17) is 4.74 Å². The lowest BCUT2D eigenvalue weighted by Crippen LogP contribution is -1.94. The van der Waals surface area contributed by atoms with Crippen molar-refractivity contribution in [3.8, 4) is 5.75 Å². The minimum Gasteiger partial charge on any atom is -0.496 e. The van der Waals surface area contributed by atoms with E-state index in [1.807, 2.05) is 0 Å². The van der Waals surface area contributed by atoms with Crippen molar-refractivity contribution in [3.63, 3.8) is 0 Å². The van der Waals surface area contributed by atoms with Crippen molar-refractivity contribution in [2.45, 2.75) is 27.2 Å². The van der Waals surface area contributed by atoms with E-state index in [0.29, 0.717) is 0 Å². The first-order chi connectivity index (χ1) is 5.70. The van der Waals surface area contributed by atoms with Crippen LogP contribution in [0.25, 0.3) is 0 Å². The first-order valence-electron chi connectivity index (χ1n) is 4.33. The molecule has 0 bridgehead atoms. The number of aryl methyl sites for hydroxylation is 2. The summed E-state index contributed by atoms with van der Waals surface area (Å²) in [5.74, 6) is 1.04. The quantitative estimate of drug-likeness (QED) is 0.653. The molecule has 0 heterocycles. The molecule has 0 unspecified atom stereocenters. The van der Waals surface area contributed by atoms with E-state index in [2.05, 4.69) is 32.9 Å². The fraction of sp³-hybridized carbons (Fsp3) is 0.455. The molecule has 0 radical (unpaired) electrons. The summed E-state index contributed by atoms with van der Waals surface area (Å²) in [5, 5.41) is 0. The highest BCUT2D eigenvalue weighted by Crippen LogP contribution is 2.25. The number of benzene rings is 1. The number of hydrogen-bond donors (Lipinski definition) is 0. The Morgan fingerprint density at radius 2 is 1.92 bits per heavy atom. The fourth-order valence-corrected chi connectivity index (χ4v) is 1.56. The van der Waals surface area contributed by atoms with Gasteiger partial charge in [-0.25, -0.2) is 0 Å². The average molecular weight is 164 g/mol. The topological polar surface area (TPSA) is 9.23 Å². The third kappa shape index (κ3) is 1.45. The van der Waals surface area contributed by atoms with Crippen LogP contribution in [0.15, 0.2) is 12.1 Å². The Hall–Kier alpha value is -0.980. The third-order valence-electron chi connectivity index (χ3n) is 2.30. The molecule has 1 heteroatoms. The normalized spacial score (nSPS) is 10.0. The van der Waals surface area contributed by atoms with Gasteiger partial charge in [-0.05, 0) is 37.0 Å². The monoisotopic (exact) mass is 164 g/mol. The van der Waals surface area contributed by atoms with Crippen LogP contribution in [0.1, 0.15) is 23.6 Å². The first kappa shape index (κ1) is 9.11. The Kier molecular flexibility index (Phi) is 2.74. The second-order valence-corrected chi connectivity index (χ2v) is 3.05. The highest BCUT2D eigenvalue weighted by atomic mass is 16.5. The second kappa shape index (κ2) is 3.61. The highest BCUT2D eigenvalue weighted by molar-refractivity contribution is 5.44. The Morgan fingerprint density at radius 3 is 2.42 bits per heavy atom. The van der Waals surface area contributed by atoms with Crippen molar-refractivity contribution >= 4 is 0 Å². The van der Waals surface area contributed by atoms with Crippen LogP contribution < -0.4 is 4.74 Å². The molecule has 0 aliphatic carbocycles. The van der Waals surface area contributed by atoms with Gasteiger partial charge in [0, 0.05) is 0 Å². The molecule has 0 N–H and O–H groups in total. The molecule has 0 saturated heterocycles. The van der Waals surface area contributed by atoms with Crippen LogP contribution in [0, 0.1) is 13.8 Å². The number of hydrogen-bond acceptors (Lipinski definition) is 1. The molecule has 1 nitrogen and oxygen atoms in total. The molecule has 0 amide bonds. The van der Waals surface area contributed by atoms with Gasteiger partial charge in [0.1, 0.15) is 5.75 Å². The summed E-state index contributed by atoms with van der Waals surface area (Å²) in [5.41, 5.74) is 3.87. The third-order valence-corrected chi connectivity index (χ3v) is 2.30. The van der Waals surface area contributed by atoms with Crippen LogP contribution in [-0.4, -0.2) is 7.11 Å². The van der Waals surface area contributed by atoms with E-state index in [9.17, 15) is 0 Å². The molecular formula is C11H16O. The molecule has 0 atom stereocenters. The predicted molar refractivity (Wildman–Crippen MR) is 51.8 cm³/mol. The molecule has 1 rings (SSSR count). The fourth-order valence-electron chi connectivity index (χ4n) is 1.56. The zero-order valence-corrected chi connectivity index (χ0v) is 8.27. The van der Waals surface area contributed by atoms with Crippen molar-refractivity contribution in [2.24, 2.45) is 0 Å². The van der Waals surface area contributed by atoms with Gasteiger partial charge in [-0.3, -0.25) is 0 Å². The van der Waals surface area contributed by atoms with E-state index in [-0.39, 0.29) is 0 Å².